The van der Waals surface area contributed by atoms with Gasteiger partial charge in [-0.3, -0.25) is 9.69 Å². The summed E-state index contributed by atoms with van der Waals surface area (Å²) < 4.78 is 5.25. The van der Waals surface area contributed by atoms with E-state index in [9.17, 15) is 9.90 Å². The minimum atomic E-state index is -0.784. The number of rotatable bonds is 7. The molecule has 4 N–H and O–H groups in total. The van der Waals surface area contributed by atoms with Crippen LogP contribution in [0.25, 0.3) is 0 Å². The number of amides is 1. The second kappa shape index (κ2) is 8.70. The van der Waals surface area contributed by atoms with Crippen LogP contribution in [0.1, 0.15) is 0 Å². The molecule has 1 saturated heterocycles. The Kier molecular flexibility index (Phi) is 6.60. The molecule has 1 aliphatic rings. The van der Waals surface area contributed by atoms with E-state index in [-0.39, 0.29) is 19.1 Å². The second-order valence-electron chi connectivity index (χ2n) is 5.23. The first-order chi connectivity index (χ1) is 10.7. The number of benzene rings is 1. The van der Waals surface area contributed by atoms with Crippen molar-refractivity contribution in [3.05, 3.63) is 24.3 Å². The van der Waals surface area contributed by atoms with Gasteiger partial charge in [0.1, 0.15) is 0 Å². The molecule has 1 heterocycles. The number of nitrogens with zero attached hydrogens (tertiary/aromatic N) is 1. The van der Waals surface area contributed by atoms with E-state index >= 15 is 0 Å². The second-order valence-corrected chi connectivity index (χ2v) is 5.23. The maximum absolute atomic E-state index is 11.9. The molecular formula is C15H23N3O4. The zero-order valence-electron chi connectivity index (χ0n) is 12.5. The molecule has 0 saturated carbocycles. The molecule has 1 aromatic rings. The molecule has 1 aromatic carbocycles. The fourth-order valence-corrected chi connectivity index (χ4v) is 2.13. The molecule has 1 amide bonds. The van der Waals surface area contributed by atoms with Crippen molar-refractivity contribution < 1.29 is 19.7 Å². The lowest BCUT2D eigenvalue weighted by Crippen LogP contribution is -2.41. The highest BCUT2D eigenvalue weighted by Crippen LogP contribution is 2.13. The van der Waals surface area contributed by atoms with Crippen molar-refractivity contribution in [2.24, 2.45) is 0 Å². The fraction of sp³-hybridized carbons (Fsp3) is 0.533. The van der Waals surface area contributed by atoms with Crippen LogP contribution in [0.4, 0.5) is 11.4 Å². The number of carbonyl (C=O) groups is 1. The molecule has 7 nitrogen and oxygen atoms in total. The van der Waals surface area contributed by atoms with Crippen molar-refractivity contribution in [1.29, 1.82) is 0 Å². The van der Waals surface area contributed by atoms with Gasteiger partial charge in [0, 0.05) is 31.0 Å². The van der Waals surface area contributed by atoms with Gasteiger partial charge in [0.15, 0.2) is 0 Å². The SMILES string of the molecule is O=C(CN1CCOCC1)Nc1ccc(NCC(O)CO)cc1. The van der Waals surface area contributed by atoms with Crippen LogP contribution < -0.4 is 10.6 Å². The van der Waals surface area contributed by atoms with Crippen LogP contribution in [0, 0.1) is 0 Å². The highest BCUT2D eigenvalue weighted by atomic mass is 16.5. The van der Waals surface area contributed by atoms with Crippen LogP contribution in [-0.2, 0) is 9.53 Å². The third-order valence-corrected chi connectivity index (χ3v) is 3.39. The molecule has 0 bridgehead atoms. The van der Waals surface area contributed by atoms with Crippen molar-refractivity contribution in [2.75, 3.05) is 56.6 Å². The Morgan fingerprint density at radius 1 is 1.23 bits per heavy atom. The van der Waals surface area contributed by atoms with Gasteiger partial charge in [0.05, 0.1) is 32.5 Å². The third-order valence-electron chi connectivity index (χ3n) is 3.39. The molecular weight excluding hydrogens is 286 g/mol. The quantitative estimate of drug-likeness (QED) is 0.554. The number of morpholine rings is 1. The molecule has 1 aliphatic heterocycles. The largest absolute Gasteiger partial charge is 0.394 e. The van der Waals surface area contributed by atoms with Gasteiger partial charge in [0.2, 0.25) is 5.91 Å². The van der Waals surface area contributed by atoms with Gasteiger partial charge < -0.3 is 25.6 Å². The Labute approximate surface area is 129 Å². The number of carbonyl (C=O) groups excluding carboxylic acids is 1. The van der Waals surface area contributed by atoms with E-state index < -0.39 is 6.10 Å². The molecule has 0 spiro atoms. The summed E-state index contributed by atoms with van der Waals surface area (Å²) in [6, 6.07) is 7.22. The molecule has 1 fully saturated rings. The average Bonchev–Trinajstić information content (AvgIpc) is 2.54. The minimum absolute atomic E-state index is 0.0432. The lowest BCUT2D eigenvalue weighted by atomic mass is 10.2. The van der Waals surface area contributed by atoms with Crippen molar-refractivity contribution in [3.8, 4) is 0 Å². The van der Waals surface area contributed by atoms with Crippen LogP contribution in [0.5, 0.6) is 0 Å². The minimum Gasteiger partial charge on any atom is -0.394 e. The Bertz CT molecular complexity index is 460. The van der Waals surface area contributed by atoms with Gasteiger partial charge in [-0.25, -0.2) is 0 Å². The standard InChI is InChI=1S/C15H23N3O4/c19-11-14(20)9-16-12-1-3-13(4-2-12)17-15(21)10-18-5-7-22-8-6-18/h1-4,14,16,19-20H,5-11H2,(H,17,21). The first-order valence-electron chi connectivity index (χ1n) is 7.40. The van der Waals surface area contributed by atoms with E-state index in [0.717, 1.165) is 24.5 Å². The van der Waals surface area contributed by atoms with Crippen molar-refractivity contribution in [2.45, 2.75) is 6.10 Å². The average molecular weight is 309 g/mol. The highest BCUT2D eigenvalue weighted by molar-refractivity contribution is 5.92. The maximum Gasteiger partial charge on any atom is 0.238 e. The van der Waals surface area contributed by atoms with Gasteiger partial charge in [-0.1, -0.05) is 0 Å². The molecule has 22 heavy (non-hydrogen) atoms. The zero-order chi connectivity index (χ0) is 15.8. The molecule has 122 valence electrons. The Morgan fingerprint density at radius 3 is 2.50 bits per heavy atom. The summed E-state index contributed by atoms with van der Waals surface area (Å²) in [7, 11) is 0. The Balaban J connectivity index is 1.76. The summed E-state index contributed by atoms with van der Waals surface area (Å²) in [6.07, 6.45) is -0.784. The molecule has 2 rings (SSSR count). The molecule has 0 aromatic heterocycles. The van der Waals surface area contributed by atoms with E-state index in [0.29, 0.717) is 19.8 Å². The number of anilines is 2. The van der Waals surface area contributed by atoms with Crippen LogP contribution >= 0.6 is 0 Å². The normalized spacial score (nSPS) is 17.0. The monoisotopic (exact) mass is 309 g/mol. The van der Waals surface area contributed by atoms with Gasteiger partial charge in [-0.05, 0) is 24.3 Å². The molecule has 0 radical (unpaired) electrons. The highest BCUT2D eigenvalue weighted by Gasteiger charge is 2.14. The fourth-order valence-electron chi connectivity index (χ4n) is 2.13. The Hall–Kier alpha value is -1.67. The van der Waals surface area contributed by atoms with E-state index in [4.69, 9.17) is 9.84 Å². The van der Waals surface area contributed by atoms with Gasteiger partial charge in [-0.2, -0.15) is 0 Å². The molecule has 0 aliphatic carbocycles. The van der Waals surface area contributed by atoms with Gasteiger partial charge in [-0.15, -0.1) is 0 Å². The van der Waals surface area contributed by atoms with E-state index in [2.05, 4.69) is 15.5 Å². The number of aliphatic hydroxyl groups is 2. The topological polar surface area (TPSA) is 94.1 Å². The van der Waals surface area contributed by atoms with Crippen molar-refractivity contribution >= 4 is 17.3 Å². The Morgan fingerprint density at radius 2 is 1.86 bits per heavy atom. The number of hydrogen-bond donors (Lipinski definition) is 4. The predicted molar refractivity (Wildman–Crippen MR) is 83.9 cm³/mol. The van der Waals surface area contributed by atoms with Crippen molar-refractivity contribution in [3.63, 3.8) is 0 Å². The first-order valence-corrected chi connectivity index (χ1v) is 7.40. The van der Waals surface area contributed by atoms with Crippen LogP contribution in [0.2, 0.25) is 0 Å². The number of ether oxygens (including phenoxy) is 1. The third kappa shape index (κ3) is 5.61. The van der Waals surface area contributed by atoms with Crippen LogP contribution in [0.3, 0.4) is 0 Å². The first kappa shape index (κ1) is 16.7. The summed E-state index contributed by atoms with van der Waals surface area (Å²) in [5, 5.41) is 23.9. The van der Waals surface area contributed by atoms with Gasteiger partial charge >= 0.3 is 0 Å². The molecule has 1 unspecified atom stereocenters. The van der Waals surface area contributed by atoms with Crippen LogP contribution in [-0.4, -0.2) is 73.1 Å². The summed E-state index contributed by atoms with van der Waals surface area (Å²) >= 11 is 0. The van der Waals surface area contributed by atoms with E-state index in [1.165, 1.54) is 0 Å². The van der Waals surface area contributed by atoms with Gasteiger partial charge in [0.25, 0.3) is 0 Å². The number of aliphatic hydroxyl groups excluding tert-OH is 2. The lowest BCUT2D eigenvalue weighted by Gasteiger charge is -2.25. The summed E-state index contributed by atoms with van der Waals surface area (Å²) in [4.78, 5) is 14.0. The summed E-state index contributed by atoms with van der Waals surface area (Å²) in [6.45, 7) is 3.28. The summed E-state index contributed by atoms with van der Waals surface area (Å²) in [5.74, 6) is -0.0432. The van der Waals surface area contributed by atoms with E-state index in [1.54, 1.807) is 12.1 Å². The summed E-state index contributed by atoms with van der Waals surface area (Å²) in [5.41, 5.74) is 1.55. The molecule has 7 heteroatoms. The number of hydrogen-bond acceptors (Lipinski definition) is 6. The van der Waals surface area contributed by atoms with Crippen LogP contribution in [0.15, 0.2) is 24.3 Å². The predicted octanol–water partition coefficient (Wildman–Crippen LogP) is -0.278. The van der Waals surface area contributed by atoms with E-state index in [1.807, 2.05) is 12.1 Å². The number of nitrogens with one attached hydrogen (secondary N) is 2. The van der Waals surface area contributed by atoms with Crippen molar-refractivity contribution in [1.82, 2.24) is 4.90 Å². The smallest absolute Gasteiger partial charge is 0.238 e. The zero-order valence-corrected chi connectivity index (χ0v) is 12.5. The molecule has 1 atom stereocenters. The maximum atomic E-state index is 11.9. The lowest BCUT2D eigenvalue weighted by molar-refractivity contribution is -0.118.